The zero-order valence-corrected chi connectivity index (χ0v) is 16.9. The standard InChI is InChI=1S/C20H18F3N7O2/c1-24-17-27-18(26-15-5-3-4-14(10-15)20(21,22)23)29-19(28-17)30-25-11-12-6-8-13(9-7-12)16(31)32-2/h3-11H,1-2H3,(H3,24,26,27,28,29,30)/b25-11-. The van der Waals surface area contributed by atoms with Crippen molar-refractivity contribution in [3.05, 3.63) is 65.2 Å². The second-order valence-corrected chi connectivity index (χ2v) is 6.24. The number of carbonyl (C=O) groups excluding carboxylic acids is 1. The van der Waals surface area contributed by atoms with E-state index in [0.29, 0.717) is 11.1 Å². The van der Waals surface area contributed by atoms with E-state index >= 15 is 0 Å². The first-order chi connectivity index (χ1) is 15.3. The molecule has 0 aliphatic heterocycles. The molecule has 0 saturated carbocycles. The molecule has 3 aromatic rings. The molecule has 1 heterocycles. The summed E-state index contributed by atoms with van der Waals surface area (Å²) in [5.74, 6) is -0.197. The highest BCUT2D eigenvalue weighted by molar-refractivity contribution is 5.90. The van der Waals surface area contributed by atoms with E-state index in [1.807, 2.05) is 0 Å². The van der Waals surface area contributed by atoms with Gasteiger partial charge < -0.3 is 15.4 Å². The number of rotatable bonds is 7. The highest BCUT2D eigenvalue weighted by Gasteiger charge is 2.30. The summed E-state index contributed by atoms with van der Waals surface area (Å²) in [7, 11) is 2.88. The number of ether oxygens (including phenoxy) is 1. The Bertz CT molecular complexity index is 1120. The first-order valence-corrected chi connectivity index (χ1v) is 9.14. The van der Waals surface area contributed by atoms with Crippen LogP contribution in [-0.2, 0) is 10.9 Å². The van der Waals surface area contributed by atoms with Crippen molar-refractivity contribution in [2.45, 2.75) is 6.18 Å². The molecule has 2 aromatic carbocycles. The number of nitrogens with one attached hydrogen (secondary N) is 3. The number of esters is 1. The van der Waals surface area contributed by atoms with Crippen LogP contribution >= 0.6 is 0 Å². The van der Waals surface area contributed by atoms with Gasteiger partial charge in [0.1, 0.15) is 0 Å². The predicted octanol–water partition coefficient (Wildman–Crippen LogP) is 3.91. The summed E-state index contributed by atoms with van der Waals surface area (Å²) in [6.45, 7) is 0. The highest BCUT2D eigenvalue weighted by Crippen LogP contribution is 2.31. The molecule has 0 saturated heterocycles. The number of anilines is 4. The molecule has 0 aliphatic rings. The van der Waals surface area contributed by atoms with E-state index in [-0.39, 0.29) is 23.5 Å². The molecule has 9 nitrogen and oxygen atoms in total. The van der Waals surface area contributed by atoms with Crippen molar-refractivity contribution >= 4 is 35.7 Å². The van der Waals surface area contributed by atoms with Gasteiger partial charge in [0.15, 0.2) is 0 Å². The molecule has 0 amide bonds. The summed E-state index contributed by atoms with van der Waals surface area (Å²) in [5.41, 5.74) is 3.09. The van der Waals surface area contributed by atoms with Crippen LogP contribution in [0.4, 0.5) is 36.7 Å². The Labute approximate surface area is 180 Å². The average molecular weight is 445 g/mol. The lowest BCUT2D eigenvalue weighted by molar-refractivity contribution is -0.137. The Morgan fingerprint density at radius 2 is 1.72 bits per heavy atom. The van der Waals surface area contributed by atoms with Gasteiger partial charge in [-0.15, -0.1) is 0 Å². The van der Waals surface area contributed by atoms with E-state index in [1.165, 1.54) is 25.5 Å². The Morgan fingerprint density at radius 3 is 2.38 bits per heavy atom. The Morgan fingerprint density at radius 1 is 1.03 bits per heavy atom. The molecule has 3 N–H and O–H groups in total. The van der Waals surface area contributed by atoms with E-state index in [9.17, 15) is 18.0 Å². The summed E-state index contributed by atoms with van der Waals surface area (Å²) in [6, 6.07) is 11.2. The molecule has 0 atom stereocenters. The van der Waals surface area contributed by atoms with E-state index in [1.54, 1.807) is 31.3 Å². The van der Waals surface area contributed by atoms with E-state index in [4.69, 9.17) is 0 Å². The lowest BCUT2D eigenvalue weighted by Crippen LogP contribution is -2.08. The molecule has 0 unspecified atom stereocenters. The lowest BCUT2D eigenvalue weighted by atomic mass is 10.1. The molecule has 0 fully saturated rings. The highest BCUT2D eigenvalue weighted by atomic mass is 19.4. The van der Waals surface area contributed by atoms with Crippen LogP contribution in [0, 0.1) is 0 Å². The maximum Gasteiger partial charge on any atom is 0.416 e. The maximum atomic E-state index is 12.9. The molecule has 0 spiro atoms. The van der Waals surface area contributed by atoms with Crippen LogP contribution < -0.4 is 16.1 Å². The number of hydrazone groups is 1. The summed E-state index contributed by atoms with van der Waals surface area (Å²) in [6.07, 6.45) is -2.99. The van der Waals surface area contributed by atoms with Crippen LogP contribution in [0.15, 0.2) is 53.6 Å². The number of methoxy groups -OCH3 is 1. The van der Waals surface area contributed by atoms with E-state index in [2.05, 4.69) is 40.8 Å². The van der Waals surface area contributed by atoms with Gasteiger partial charge in [0, 0.05) is 12.7 Å². The number of hydrogen-bond donors (Lipinski definition) is 3. The number of aromatic nitrogens is 3. The number of halogens is 3. The van der Waals surface area contributed by atoms with Crippen LogP contribution in [0.1, 0.15) is 21.5 Å². The second-order valence-electron chi connectivity index (χ2n) is 6.24. The van der Waals surface area contributed by atoms with Gasteiger partial charge in [-0.1, -0.05) is 18.2 Å². The number of alkyl halides is 3. The normalized spacial score (nSPS) is 11.3. The molecule has 3 rings (SSSR count). The fourth-order valence-corrected chi connectivity index (χ4v) is 2.48. The molecular formula is C20H18F3N7O2. The van der Waals surface area contributed by atoms with Crippen LogP contribution in [0.2, 0.25) is 0 Å². The lowest BCUT2D eigenvalue weighted by Gasteiger charge is -2.11. The van der Waals surface area contributed by atoms with Crippen LogP contribution in [0.5, 0.6) is 0 Å². The minimum Gasteiger partial charge on any atom is -0.465 e. The fraction of sp³-hybridized carbons (Fsp3) is 0.150. The van der Waals surface area contributed by atoms with Crippen LogP contribution in [-0.4, -0.2) is 41.3 Å². The summed E-state index contributed by atoms with van der Waals surface area (Å²) in [5, 5.41) is 9.49. The van der Waals surface area contributed by atoms with Gasteiger partial charge in [0.05, 0.1) is 24.5 Å². The smallest absolute Gasteiger partial charge is 0.416 e. The zero-order valence-electron chi connectivity index (χ0n) is 16.9. The average Bonchev–Trinajstić information content (AvgIpc) is 2.78. The monoisotopic (exact) mass is 445 g/mol. The first-order valence-electron chi connectivity index (χ1n) is 9.14. The topological polar surface area (TPSA) is 113 Å². The van der Waals surface area contributed by atoms with Gasteiger partial charge in [0.25, 0.3) is 0 Å². The van der Waals surface area contributed by atoms with E-state index in [0.717, 1.165) is 12.1 Å². The molecule has 12 heteroatoms. The Kier molecular flexibility index (Phi) is 6.83. The Hall–Kier alpha value is -4.22. The van der Waals surface area contributed by atoms with Crippen LogP contribution in [0.25, 0.3) is 0 Å². The molecule has 1 aromatic heterocycles. The number of carbonyl (C=O) groups is 1. The van der Waals surface area contributed by atoms with Crippen molar-refractivity contribution in [2.24, 2.45) is 5.10 Å². The van der Waals surface area contributed by atoms with Gasteiger partial charge >= 0.3 is 12.1 Å². The Balaban J connectivity index is 1.74. The molecule has 0 aliphatic carbocycles. The largest absolute Gasteiger partial charge is 0.465 e. The third kappa shape index (κ3) is 5.90. The summed E-state index contributed by atoms with van der Waals surface area (Å²) < 4.78 is 43.4. The number of benzene rings is 2. The molecule has 32 heavy (non-hydrogen) atoms. The quantitative estimate of drug-likeness (QED) is 0.285. The van der Waals surface area contributed by atoms with Crippen molar-refractivity contribution in [3.63, 3.8) is 0 Å². The third-order valence-electron chi connectivity index (χ3n) is 4.02. The second kappa shape index (κ2) is 9.73. The van der Waals surface area contributed by atoms with Gasteiger partial charge in [-0.25, -0.2) is 10.2 Å². The molecular weight excluding hydrogens is 427 g/mol. The zero-order chi connectivity index (χ0) is 23.1. The van der Waals surface area contributed by atoms with Crippen molar-refractivity contribution in [1.82, 2.24) is 15.0 Å². The van der Waals surface area contributed by atoms with Crippen molar-refractivity contribution in [3.8, 4) is 0 Å². The van der Waals surface area contributed by atoms with Gasteiger partial charge in [-0.2, -0.15) is 33.2 Å². The first kappa shape index (κ1) is 22.5. The number of nitrogens with zero attached hydrogens (tertiary/aromatic N) is 4. The third-order valence-corrected chi connectivity index (χ3v) is 4.02. The molecule has 166 valence electrons. The predicted molar refractivity (Wildman–Crippen MR) is 113 cm³/mol. The van der Waals surface area contributed by atoms with Gasteiger partial charge in [-0.05, 0) is 35.9 Å². The number of hydrogen-bond acceptors (Lipinski definition) is 9. The maximum absolute atomic E-state index is 12.9. The SMILES string of the molecule is CNc1nc(N/N=C\c2ccc(C(=O)OC)cc2)nc(Nc2cccc(C(F)(F)F)c2)n1. The van der Waals surface area contributed by atoms with Crippen molar-refractivity contribution in [1.29, 1.82) is 0 Å². The summed E-state index contributed by atoms with van der Waals surface area (Å²) >= 11 is 0. The summed E-state index contributed by atoms with van der Waals surface area (Å²) in [4.78, 5) is 23.7. The molecule has 0 radical (unpaired) electrons. The van der Waals surface area contributed by atoms with Crippen molar-refractivity contribution < 1.29 is 22.7 Å². The van der Waals surface area contributed by atoms with Crippen molar-refractivity contribution in [2.75, 3.05) is 30.2 Å². The van der Waals surface area contributed by atoms with Gasteiger partial charge in [0.2, 0.25) is 17.8 Å². The van der Waals surface area contributed by atoms with E-state index < -0.39 is 17.7 Å². The minimum absolute atomic E-state index is 0.0174. The minimum atomic E-state index is -4.47. The fourth-order valence-electron chi connectivity index (χ4n) is 2.48. The van der Waals surface area contributed by atoms with Gasteiger partial charge in [-0.3, -0.25) is 0 Å². The molecule has 0 bridgehead atoms. The van der Waals surface area contributed by atoms with Crippen LogP contribution in [0.3, 0.4) is 0 Å².